The number of para-hydroxylation sites is 1. The van der Waals surface area contributed by atoms with Crippen molar-refractivity contribution in [1.82, 2.24) is 0 Å². The second-order valence-electron chi connectivity index (χ2n) is 3.67. The maximum absolute atomic E-state index is 2.45. The zero-order valence-corrected chi connectivity index (χ0v) is 7.91. The van der Waals surface area contributed by atoms with E-state index in [4.69, 9.17) is 0 Å². The summed E-state index contributed by atoms with van der Waals surface area (Å²) in [4.78, 5) is 2.45. The van der Waals surface area contributed by atoms with Crippen LogP contribution in [0.15, 0.2) is 24.3 Å². The van der Waals surface area contributed by atoms with Crippen molar-refractivity contribution in [3.05, 3.63) is 29.8 Å². The molecular formula is C11H15N. The minimum atomic E-state index is 0.728. The second-order valence-corrected chi connectivity index (χ2v) is 3.67. The van der Waals surface area contributed by atoms with Crippen LogP contribution in [-0.4, -0.2) is 12.1 Å². The van der Waals surface area contributed by atoms with Crippen LogP contribution in [0.5, 0.6) is 0 Å². The zero-order chi connectivity index (χ0) is 8.72. The highest BCUT2D eigenvalue weighted by Crippen LogP contribution is 2.36. The quantitative estimate of drug-likeness (QED) is 0.572. The molecule has 1 nitrogen and oxygen atoms in total. The first-order chi connectivity index (χ1) is 5.72. The molecule has 1 aromatic carbocycles. The van der Waals surface area contributed by atoms with E-state index in [0.29, 0.717) is 0 Å². The third kappa shape index (κ3) is 1.01. The predicted octanol–water partition coefficient (Wildman–Crippen LogP) is 2.59. The van der Waals surface area contributed by atoms with Crippen LogP contribution in [0.4, 0.5) is 5.69 Å². The first-order valence-electron chi connectivity index (χ1n) is 4.56. The molecule has 0 unspecified atom stereocenters. The van der Waals surface area contributed by atoms with Crippen LogP contribution in [-0.2, 0) is 0 Å². The molecule has 0 saturated carbocycles. The monoisotopic (exact) mass is 161 g/mol. The van der Waals surface area contributed by atoms with E-state index >= 15 is 0 Å². The van der Waals surface area contributed by atoms with E-state index in [1.807, 2.05) is 0 Å². The van der Waals surface area contributed by atoms with E-state index < -0.39 is 0 Å². The van der Waals surface area contributed by atoms with E-state index in [1.165, 1.54) is 11.3 Å². The molecule has 0 aliphatic carbocycles. The van der Waals surface area contributed by atoms with Gasteiger partial charge in [-0.15, -0.1) is 0 Å². The van der Waals surface area contributed by atoms with E-state index in [1.54, 1.807) is 0 Å². The molecule has 1 heteroatoms. The van der Waals surface area contributed by atoms with E-state index in [0.717, 1.165) is 12.1 Å². The molecule has 0 bridgehead atoms. The summed E-state index contributed by atoms with van der Waals surface area (Å²) in [7, 11) is 0. The van der Waals surface area contributed by atoms with Gasteiger partial charge in [0.15, 0.2) is 0 Å². The van der Waals surface area contributed by atoms with Crippen LogP contribution in [0.2, 0.25) is 0 Å². The fourth-order valence-electron chi connectivity index (χ4n) is 1.80. The van der Waals surface area contributed by atoms with Crippen molar-refractivity contribution in [3.8, 4) is 0 Å². The zero-order valence-electron chi connectivity index (χ0n) is 7.91. The average molecular weight is 161 g/mol. The van der Waals surface area contributed by atoms with Gasteiger partial charge in [0.1, 0.15) is 0 Å². The fourth-order valence-corrected chi connectivity index (χ4v) is 1.80. The van der Waals surface area contributed by atoms with Crippen molar-refractivity contribution in [2.24, 2.45) is 0 Å². The highest BCUT2D eigenvalue weighted by molar-refractivity contribution is 5.60. The van der Waals surface area contributed by atoms with Crippen molar-refractivity contribution >= 4 is 5.69 Å². The van der Waals surface area contributed by atoms with Gasteiger partial charge in [0.25, 0.3) is 0 Å². The van der Waals surface area contributed by atoms with E-state index in [-0.39, 0.29) is 0 Å². The largest absolute Gasteiger partial charge is 0.362 e. The Morgan fingerprint density at radius 3 is 2.17 bits per heavy atom. The van der Waals surface area contributed by atoms with Gasteiger partial charge in [-0.1, -0.05) is 18.2 Å². The van der Waals surface area contributed by atoms with Crippen LogP contribution >= 0.6 is 0 Å². The lowest BCUT2D eigenvalue weighted by atomic mass is 10.2. The number of hydrogen-bond acceptors (Lipinski definition) is 1. The van der Waals surface area contributed by atoms with Crippen molar-refractivity contribution in [2.75, 3.05) is 4.90 Å². The summed E-state index contributed by atoms with van der Waals surface area (Å²) in [6.45, 7) is 6.72. The molecule has 2 rings (SSSR count). The molecule has 1 aliphatic heterocycles. The fraction of sp³-hybridized carbons (Fsp3) is 0.455. The molecule has 64 valence electrons. The maximum atomic E-state index is 2.45. The summed E-state index contributed by atoms with van der Waals surface area (Å²) in [6.07, 6.45) is 0. The molecular weight excluding hydrogens is 146 g/mol. The molecule has 0 radical (unpaired) electrons. The lowest BCUT2D eigenvalue weighted by Gasteiger charge is -2.07. The van der Waals surface area contributed by atoms with Gasteiger partial charge in [-0.3, -0.25) is 0 Å². The number of rotatable bonds is 1. The van der Waals surface area contributed by atoms with Gasteiger partial charge >= 0.3 is 0 Å². The summed E-state index contributed by atoms with van der Waals surface area (Å²) in [5.74, 6) is 0. The Bertz CT molecular complexity index is 285. The van der Waals surface area contributed by atoms with Gasteiger partial charge in [0.05, 0.1) is 0 Å². The van der Waals surface area contributed by atoms with Crippen molar-refractivity contribution in [1.29, 1.82) is 0 Å². The number of nitrogens with zero attached hydrogens (tertiary/aromatic N) is 1. The first kappa shape index (κ1) is 7.66. The Balaban J connectivity index is 2.30. The molecule has 1 saturated heterocycles. The van der Waals surface area contributed by atoms with Gasteiger partial charge in [0.2, 0.25) is 0 Å². The predicted molar refractivity (Wildman–Crippen MR) is 52.6 cm³/mol. The summed E-state index contributed by atoms with van der Waals surface area (Å²) < 4.78 is 0. The van der Waals surface area contributed by atoms with Crippen LogP contribution in [0, 0.1) is 6.92 Å². The first-order valence-corrected chi connectivity index (χ1v) is 4.56. The molecule has 1 fully saturated rings. The van der Waals surface area contributed by atoms with Crippen molar-refractivity contribution in [2.45, 2.75) is 32.9 Å². The Morgan fingerprint density at radius 2 is 1.67 bits per heavy atom. The number of aryl methyl sites for hydroxylation is 1. The minimum Gasteiger partial charge on any atom is -0.362 e. The summed E-state index contributed by atoms with van der Waals surface area (Å²) in [6, 6.07) is 10.0. The van der Waals surface area contributed by atoms with Gasteiger partial charge in [-0.2, -0.15) is 0 Å². The molecule has 0 N–H and O–H groups in total. The molecule has 0 amide bonds. The summed E-state index contributed by atoms with van der Waals surface area (Å²) in [5, 5.41) is 0. The number of anilines is 1. The SMILES string of the molecule is Cc1ccccc1N1[C@H](C)[C@H]1C. The highest BCUT2D eigenvalue weighted by atomic mass is 15.3. The molecule has 1 aliphatic rings. The van der Waals surface area contributed by atoms with Gasteiger partial charge in [-0.05, 0) is 32.4 Å². The molecule has 0 spiro atoms. The highest BCUT2D eigenvalue weighted by Gasteiger charge is 2.40. The standard InChI is InChI=1S/C11H15N/c1-8-6-4-5-7-11(8)12-9(2)10(12)3/h4-7,9-10H,1-3H3/t9-,10-/m1/s1. The lowest BCUT2D eigenvalue weighted by molar-refractivity contribution is 1.05. The molecule has 2 atom stereocenters. The minimum absolute atomic E-state index is 0.728. The van der Waals surface area contributed by atoms with Crippen LogP contribution in [0.25, 0.3) is 0 Å². The molecule has 1 aromatic rings. The van der Waals surface area contributed by atoms with Crippen molar-refractivity contribution < 1.29 is 0 Å². The Labute approximate surface area is 74.0 Å². The normalized spacial score (nSPS) is 27.4. The summed E-state index contributed by atoms with van der Waals surface area (Å²) in [5.41, 5.74) is 2.78. The van der Waals surface area contributed by atoms with Gasteiger partial charge in [0, 0.05) is 17.8 Å². The second kappa shape index (κ2) is 2.51. The van der Waals surface area contributed by atoms with Gasteiger partial charge < -0.3 is 4.90 Å². The Morgan fingerprint density at radius 1 is 1.08 bits per heavy atom. The van der Waals surface area contributed by atoms with E-state index in [2.05, 4.69) is 49.9 Å². The lowest BCUT2D eigenvalue weighted by Crippen LogP contribution is -1.98. The van der Waals surface area contributed by atoms with Crippen LogP contribution in [0.3, 0.4) is 0 Å². The Kier molecular flexibility index (Phi) is 1.60. The Hall–Kier alpha value is -0.980. The smallest absolute Gasteiger partial charge is 0.0466 e. The topological polar surface area (TPSA) is 3.01 Å². The van der Waals surface area contributed by atoms with Crippen molar-refractivity contribution in [3.63, 3.8) is 0 Å². The van der Waals surface area contributed by atoms with Crippen LogP contribution in [0.1, 0.15) is 19.4 Å². The van der Waals surface area contributed by atoms with E-state index in [9.17, 15) is 0 Å². The molecule has 0 aromatic heterocycles. The average Bonchev–Trinajstić information content (AvgIpc) is 2.62. The molecule has 12 heavy (non-hydrogen) atoms. The number of hydrogen-bond donors (Lipinski definition) is 0. The third-order valence-corrected chi connectivity index (χ3v) is 2.88. The van der Waals surface area contributed by atoms with Crippen LogP contribution < -0.4 is 4.90 Å². The maximum Gasteiger partial charge on any atom is 0.0466 e. The molecule has 1 heterocycles. The third-order valence-electron chi connectivity index (χ3n) is 2.88. The summed E-state index contributed by atoms with van der Waals surface area (Å²) >= 11 is 0. The van der Waals surface area contributed by atoms with Gasteiger partial charge in [-0.25, -0.2) is 0 Å². The number of benzene rings is 1.